The van der Waals surface area contributed by atoms with Gasteiger partial charge in [-0.3, -0.25) is 9.78 Å². The molecular formula is C22H30N2O2. The van der Waals surface area contributed by atoms with Gasteiger partial charge in [-0.1, -0.05) is 12.1 Å². The Hall–Kier alpha value is -2.20. The highest BCUT2D eigenvalue weighted by atomic mass is 16.3. The highest BCUT2D eigenvalue weighted by molar-refractivity contribution is 5.94. The third kappa shape index (κ3) is 5.95. The molecule has 26 heavy (non-hydrogen) atoms. The molecular weight excluding hydrogens is 324 g/mol. The van der Waals surface area contributed by atoms with Gasteiger partial charge < -0.3 is 10.0 Å². The normalized spacial score (nSPS) is 12.7. The molecule has 0 radical (unpaired) electrons. The fourth-order valence-electron chi connectivity index (χ4n) is 2.82. The van der Waals surface area contributed by atoms with E-state index in [0.29, 0.717) is 12.0 Å². The summed E-state index contributed by atoms with van der Waals surface area (Å²) in [6, 6.07) is 11.8. The van der Waals surface area contributed by atoms with Crippen LogP contribution in [0.5, 0.6) is 0 Å². The molecule has 0 fully saturated rings. The van der Waals surface area contributed by atoms with Crippen molar-refractivity contribution in [1.29, 1.82) is 0 Å². The summed E-state index contributed by atoms with van der Waals surface area (Å²) in [5, 5.41) is 9.83. The smallest absolute Gasteiger partial charge is 0.253 e. The van der Waals surface area contributed by atoms with Crippen molar-refractivity contribution >= 4 is 5.91 Å². The minimum atomic E-state index is -0.673. The predicted octanol–water partition coefficient (Wildman–Crippen LogP) is 3.80. The van der Waals surface area contributed by atoms with Crippen LogP contribution in [0, 0.1) is 6.92 Å². The van der Waals surface area contributed by atoms with Crippen LogP contribution in [-0.4, -0.2) is 39.6 Å². The Labute approximate surface area is 156 Å². The van der Waals surface area contributed by atoms with E-state index in [-0.39, 0.29) is 11.9 Å². The van der Waals surface area contributed by atoms with Crippen LogP contribution in [0.3, 0.4) is 0 Å². The van der Waals surface area contributed by atoms with Crippen molar-refractivity contribution in [1.82, 2.24) is 9.88 Å². The van der Waals surface area contributed by atoms with Crippen LogP contribution in [0.15, 0.2) is 42.6 Å². The SMILES string of the molecule is Cc1ccnc(CC(C)N(C)C(=O)c2ccc(CCC(C)(C)O)cc2)c1. The fourth-order valence-corrected chi connectivity index (χ4v) is 2.82. The molecule has 1 N–H and O–H groups in total. The third-order valence-electron chi connectivity index (χ3n) is 4.68. The average molecular weight is 354 g/mol. The van der Waals surface area contributed by atoms with Gasteiger partial charge in [-0.2, -0.15) is 0 Å². The molecule has 1 amide bonds. The van der Waals surface area contributed by atoms with Crippen molar-refractivity contribution < 1.29 is 9.90 Å². The van der Waals surface area contributed by atoms with Gasteiger partial charge in [0.25, 0.3) is 5.91 Å². The van der Waals surface area contributed by atoms with E-state index in [4.69, 9.17) is 0 Å². The zero-order valence-corrected chi connectivity index (χ0v) is 16.5. The number of nitrogens with zero attached hydrogens (tertiary/aromatic N) is 2. The summed E-state index contributed by atoms with van der Waals surface area (Å²) in [6.45, 7) is 7.71. The summed E-state index contributed by atoms with van der Waals surface area (Å²) < 4.78 is 0. The van der Waals surface area contributed by atoms with Gasteiger partial charge in [-0.15, -0.1) is 0 Å². The maximum atomic E-state index is 12.7. The van der Waals surface area contributed by atoms with Gasteiger partial charge in [0.15, 0.2) is 0 Å². The Morgan fingerprint density at radius 3 is 2.46 bits per heavy atom. The monoisotopic (exact) mass is 354 g/mol. The maximum absolute atomic E-state index is 12.7. The molecule has 0 bridgehead atoms. The summed E-state index contributed by atoms with van der Waals surface area (Å²) in [6.07, 6.45) is 4.03. The van der Waals surface area contributed by atoms with Crippen LogP contribution in [-0.2, 0) is 12.8 Å². The first-order valence-electron chi connectivity index (χ1n) is 9.16. The lowest BCUT2D eigenvalue weighted by Gasteiger charge is -2.25. The molecule has 0 aliphatic carbocycles. The Kier molecular flexibility index (Phi) is 6.54. The molecule has 2 rings (SSSR count). The Balaban J connectivity index is 1.98. The molecule has 2 aromatic rings. The van der Waals surface area contributed by atoms with Crippen LogP contribution < -0.4 is 0 Å². The lowest BCUT2D eigenvalue weighted by atomic mass is 9.98. The van der Waals surface area contributed by atoms with Crippen LogP contribution in [0.4, 0.5) is 0 Å². The van der Waals surface area contributed by atoms with Crippen LogP contribution in [0.1, 0.15) is 54.4 Å². The van der Waals surface area contributed by atoms with Gasteiger partial charge in [0, 0.05) is 37.0 Å². The van der Waals surface area contributed by atoms with E-state index in [2.05, 4.69) is 11.1 Å². The molecule has 0 saturated heterocycles. The second-order valence-corrected chi connectivity index (χ2v) is 7.80. The summed E-state index contributed by atoms with van der Waals surface area (Å²) in [5.41, 5.74) is 3.32. The zero-order chi connectivity index (χ0) is 19.3. The molecule has 1 aromatic carbocycles. The van der Waals surface area contributed by atoms with Gasteiger partial charge >= 0.3 is 0 Å². The van der Waals surface area contributed by atoms with E-state index >= 15 is 0 Å². The highest BCUT2D eigenvalue weighted by Crippen LogP contribution is 2.16. The van der Waals surface area contributed by atoms with Gasteiger partial charge in [0.1, 0.15) is 0 Å². The van der Waals surface area contributed by atoms with Gasteiger partial charge in [-0.25, -0.2) is 0 Å². The standard InChI is InChI=1S/C22H30N2O2/c1-16-11-13-23-20(14-16)15-17(2)24(5)21(25)19-8-6-18(7-9-19)10-12-22(3,4)26/h6-9,11,13-14,17,26H,10,12,15H2,1-5H3. The Morgan fingerprint density at radius 1 is 1.23 bits per heavy atom. The van der Waals surface area contributed by atoms with Gasteiger partial charge in [0.05, 0.1) is 5.60 Å². The highest BCUT2D eigenvalue weighted by Gasteiger charge is 2.18. The topological polar surface area (TPSA) is 53.4 Å². The molecule has 0 saturated carbocycles. The molecule has 1 atom stereocenters. The average Bonchev–Trinajstić information content (AvgIpc) is 2.58. The van der Waals surface area contributed by atoms with E-state index in [9.17, 15) is 9.90 Å². The minimum absolute atomic E-state index is 0.0131. The van der Waals surface area contributed by atoms with Gasteiger partial charge in [-0.05, 0) is 75.9 Å². The van der Waals surface area contributed by atoms with Crippen LogP contribution in [0.25, 0.3) is 0 Å². The van der Waals surface area contributed by atoms with Crippen molar-refractivity contribution in [2.75, 3.05) is 7.05 Å². The summed E-state index contributed by atoms with van der Waals surface area (Å²) in [5.74, 6) is 0.0131. The summed E-state index contributed by atoms with van der Waals surface area (Å²) in [7, 11) is 1.84. The summed E-state index contributed by atoms with van der Waals surface area (Å²) in [4.78, 5) is 18.9. The number of carbonyl (C=O) groups excluding carboxylic acids is 1. The zero-order valence-electron chi connectivity index (χ0n) is 16.5. The van der Waals surface area contributed by atoms with Crippen molar-refractivity contribution in [2.24, 2.45) is 0 Å². The predicted molar refractivity (Wildman–Crippen MR) is 105 cm³/mol. The number of benzene rings is 1. The van der Waals surface area contributed by atoms with Crippen LogP contribution in [0.2, 0.25) is 0 Å². The lowest BCUT2D eigenvalue weighted by Crippen LogP contribution is -2.36. The first-order chi connectivity index (χ1) is 12.2. The number of hydrogen-bond donors (Lipinski definition) is 1. The lowest BCUT2D eigenvalue weighted by molar-refractivity contribution is 0.0711. The fraction of sp³-hybridized carbons (Fsp3) is 0.455. The number of amides is 1. The third-order valence-corrected chi connectivity index (χ3v) is 4.68. The number of aryl methyl sites for hydroxylation is 2. The second kappa shape index (κ2) is 8.45. The van der Waals surface area contributed by atoms with E-state index in [0.717, 1.165) is 24.1 Å². The molecule has 1 unspecified atom stereocenters. The Bertz CT molecular complexity index is 733. The quantitative estimate of drug-likeness (QED) is 0.823. The molecule has 140 valence electrons. The first-order valence-corrected chi connectivity index (χ1v) is 9.16. The number of pyridine rings is 1. The maximum Gasteiger partial charge on any atom is 0.253 e. The molecule has 1 heterocycles. The first kappa shape index (κ1) is 20.1. The number of aliphatic hydroxyl groups is 1. The molecule has 0 spiro atoms. The number of aromatic nitrogens is 1. The minimum Gasteiger partial charge on any atom is -0.390 e. The van der Waals surface area contributed by atoms with Crippen LogP contribution >= 0.6 is 0 Å². The molecule has 4 heteroatoms. The van der Waals surface area contributed by atoms with E-state index in [1.807, 2.05) is 71.3 Å². The molecule has 0 aliphatic heterocycles. The largest absolute Gasteiger partial charge is 0.390 e. The van der Waals surface area contributed by atoms with E-state index < -0.39 is 5.60 Å². The van der Waals surface area contributed by atoms with E-state index in [1.54, 1.807) is 4.90 Å². The second-order valence-electron chi connectivity index (χ2n) is 7.80. The van der Waals surface area contributed by atoms with E-state index in [1.165, 1.54) is 5.56 Å². The molecule has 4 nitrogen and oxygen atoms in total. The van der Waals surface area contributed by atoms with Gasteiger partial charge in [0.2, 0.25) is 0 Å². The number of carbonyl (C=O) groups is 1. The van der Waals surface area contributed by atoms with Crippen molar-refractivity contribution in [3.8, 4) is 0 Å². The molecule has 1 aromatic heterocycles. The number of likely N-dealkylation sites (N-methyl/N-ethyl adjacent to an activating group) is 1. The van der Waals surface area contributed by atoms with Crippen molar-refractivity contribution in [2.45, 2.75) is 58.6 Å². The summed E-state index contributed by atoms with van der Waals surface area (Å²) >= 11 is 0. The van der Waals surface area contributed by atoms with Crippen molar-refractivity contribution in [3.05, 3.63) is 65.0 Å². The number of hydrogen-bond acceptors (Lipinski definition) is 3. The molecule has 0 aliphatic rings. The number of rotatable bonds is 7. The van der Waals surface area contributed by atoms with Crippen molar-refractivity contribution in [3.63, 3.8) is 0 Å². The Morgan fingerprint density at radius 2 is 1.88 bits per heavy atom.